The normalized spacial score (nSPS) is 12.8. The van der Waals surface area contributed by atoms with Crippen LogP contribution in [0.15, 0.2) is 97.2 Å². The van der Waals surface area contributed by atoms with Crippen LogP contribution < -0.4 is 0 Å². The number of esters is 3. The maximum Gasteiger partial charge on any atom is 0.310 e. The molecule has 0 aromatic heterocycles. The molecular weight excluding hydrogens is 889 g/mol. The number of carbonyl (C=O) groups is 3. The van der Waals surface area contributed by atoms with Crippen LogP contribution in [-0.4, -0.2) is 37.2 Å². The molecule has 0 spiro atoms. The summed E-state index contributed by atoms with van der Waals surface area (Å²) in [6.07, 6.45) is 80.2. The number of allylic oxidation sites excluding steroid dienone is 15. The van der Waals surface area contributed by atoms with E-state index in [2.05, 4.69) is 106 Å². The highest BCUT2D eigenvalue weighted by Gasteiger charge is 2.19. The van der Waals surface area contributed by atoms with Gasteiger partial charge in [0.2, 0.25) is 0 Å². The van der Waals surface area contributed by atoms with Gasteiger partial charge in [-0.25, -0.2) is 0 Å². The summed E-state index contributed by atoms with van der Waals surface area (Å²) >= 11 is 0. The van der Waals surface area contributed by atoms with Gasteiger partial charge >= 0.3 is 17.9 Å². The van der Waals surface area contributed by atoms with Gasteiger partial charge in [0.15, 0.2) is 6.10 Å². The van der Waals surface area contributed by atoms with Crippen LogP contribution in [0.1, 0.15) is 284 Å². The number of hydrogen-bond acceptors (Lipinski definition) is 6. The number of carbonyl (C=O) groups excluding carboxylic acids is 3. The summed E-state index contributed by atoms with van der Waals surface area (Å²) in [5.74, 6) is -1.04. The van der Waals surface area contributed by atoms with E-state index in [1.54, 1.807) is 6.08 Å². The van der Waals surface area contributed by atoms with Crippen LogP contribution >= 0.6 is 0 Å². The van der Waals surface area contributed by atoms with Gasteiger partial charge in [0, 0.05) is 12.8 Å². The van der Waals surface area contributed by atoms with E-state index >= 15 is 0 Å². The van der Waals surface area contributed by atoms with Gasteiger partial charge in [-0.3, -0.25) is 14.4 Å². The molecule has 1 unspecified atom stereocenters. The number of hydrogen-bond donors (Lipinski definition) is 0. The quantitative estimate of drug-likeness (QED) is 0.0261. The second-order valence-corrected chi connectivity index (χ2v) is 19.9. The zero-order valence-corrected chi connectivity index (χ0v) is 47.2. The highest BCUT2D eigenvalue weighted by atomic mass is 16.6. The summed E-state index contributed by atoms with van der Waals surface area (Å²) in [4.78, 5) is 38.0. The standard InChI is InChI=1S/C66H112O6/c1-4-7-10-13-16-19-22-24-26-27-28-29-30-31-32-33-34-35-36-37-38-39-41-42-44-47-50-53-56-59-65(68)71-62-63(61-70-64(67)58-55-52-49-46-21-18-15-12-9-6-3)72-66(69)60-57-54-51-48-45-43-40-25-23-20-17-14-11-8-5-2/h8,11,17,20,22,24-25,27-28,30-31,40,45,48,54,57,63H,4-7,9-10,12-16,18-19,21,23,26,29,32-39,41-44,46-47,49-53,55-56,58-62H2,1-3H3/b11-8-,20-17-,24-22-,28-27-,31-30-,40-25-,48-45-,57-54-. The molecule has 0 aromatic rings. The fourth-order valence-corrected chi connectivity index (χ4v) is 8.35. The van der Waals surface area contributed by atoms with E-state index < -0.39 is 12.1 Å². The molecule has 1 atom stereocenters. The van der Waals surface area contributed by atoms with Crippen molar-refractivity contribution in [3.8, 4) is 0 Å². The van der Waals surface area contributed by atoms with Crippen LogP contribution in [0.5, 0.6) is 0 Å². The Kier molecular flexibility index (Phi) is 56.8. The summed E-state index contributed by atoms with van der Waals surface area (Å²) in [5, 5.41) is 0. The zero-order chi connectivity index (χ0) is 52.2. The molecule has 0 radical (unpaired) electrons. The van der Waals surface area contributed by atoms with Gasteiger partial charge < -0.3 is 14.2 Å². The third kappa shape index (κ3) is 57.2. The molecule has 0 aliphatic carbocycles. The molecule has 0 bridgehead atoms. The Morgan fingerprint density at radius 3 is 0.917 bits per heavy atom. The SMILES string of the molecule is CC/C=C\C/C=C\C/C=C\C/C=C\C/C=C\CC(=O)OC(COC(=O)CCCCCCCCCCCC)COC(=O)CCCCCCCCCCCCCCCC/C=C\C/C=C\C/C=C\CCCCCCC. The number of rotatable bonds is 54. The summed E-state index contributed by atoms with van der Waals surface area (Å²) in [6, 6.07) is 0. The molecule has 0 N–H and O–H groups in total. The molecule has 6 heteroatoms. The number of unbranched alkanes of at least 4 members (excludes halogenated alkanes) is 28. The van der Waals surface area contributed by atoms with E-state index in [9.17, 15) is 14.4 Å². The van der Waals surface area contributed by atoms with Crippen LogP contribution in [0.3, 0.4) is 0 Å². The predicted octanol–water partition coefficient (Wildman–Crippen LogP) is 20.5. The van der Waals surface area contributed by atoms with E-state index in [1.165, 1.54) is 161 Å². The molecule has 0 saturated heterocycles. The first-order chi connectivity index (χ1) is 35.5. The van der Waals surface area contributed by atoms with Gasteiger partial charge in [-0.15, -0.1) is 0 Å². The van der Waals surface area contributed by atoms with E-state index in [4.69, 9.17) is 14.2 Å². The molecule has 0 fully saturated rings. The molecule has 0 aliphatic heterocycles. The maximum atomic E-state index is 12.8. The molecule has 0 amide bonds. The first-order valence-electron chi connectivity index (χ1n) is 30.2. The van der Waals surface area contributed by atoms with Crippen LogP contribution in [-0.2, 0) is 28.6 Å². The van der Waals surface area contributed by atoms with E-state index in [0.717, 1.165) is 83.5 Å². The van der Waals surface area contributed by atoms with Crippen LogP contribution in [0.2, 0.25) is 0 Å². The van der Waals surface area contributed by atoms with Gasteiger partial charge in [-0.1, -0.05) is 279 Å². The molecule has 0 heterocycles. The first-order valence-corrected chi connectivity index (χ1v) is 30.2. The Hall–Kier alpha value is -3.67. The van der Waals surface area contributed by atoms with Crippen molar-refractivity contribution >= 4 is 17.9 Å². The van der Waals surface area contributed by atoms with E-state index in [1.807, 2.05) is 6.08 Å². The van der Waals surface area contributed by atoms with Gasteiger partial charge in [-0.05, 0) is 83.5 Å². The lowest BCUT2D eigenvalue weighted by Gasteiger charge is -2.18. The Bertz CT molecular complexity index is 1430. The van der Waals surface area contributed by atoms with E-state index in [-0.39, 0.29) is 31.6 Å². The highest BCUT2D eigenvalue weighted by molar-refractivity contribution is 5.72. The fraction of sp³-hybridized carbons (Fsp3) is 0.712. The predicted molar refractivity (Wildman–Crippen MR) is 311 cm³/mol. The lowest BCUT2D eigenvalue weighted by Crippen LogP contribution is -2.30. The number of ether oxygens (including phenoxy) is 3. The third-order valence-electron chi connectivity index (χ3n) is 12.9. The Morgan fingerprint density at radius 2 is 0.583 bits per heavy atom. The Morgan fingerprint density at radius 1 is 0.306 bits per heavy atom. The van der Waals surface area contributed by atoms with Crippen molar-refractivity contribution in [2.45, 2.75) is 290 Å². The molecule has 6 nitrogen and oxygen atoms in total. The summed E-state index contributed by atoms with van der Waals surface area (Å²) in [6.45, 7) is 6.43. The summed E-state index contributed by atoms with van der Waals surface area (Å²) in [7, 11) is 0. The first kappa shape index (κ1) is 68.3. The van der Waals surface area contributed by atoms with Crippen molar-refractivity contribution in [2.75, 3.05) is 13.2 Å². The van der Waals surface area contributed by atoms with Crippen molar-refractivity contribution in [1.82, 2.24) is 0 Å². The topological polar surface area (TPSA) is 78.9 Å². The Labute approximate surface area is 445 Å². The Balaban J connectivity index is 4.24. The average Bonchev–Trinajstić information content (AvgIpc) is 3.38. The minimum atomic E-state index is -0.830. The molecule has 0 aromatic carbocycles. The molecule has 412 valence electrons. The van der Waals surface area contributed by atoms with Crippen LogP contribution in [0, 0.1) is 0 Å². The largest absolute Gasteiger partial charge is 0.462 e. The minimum Gasteiger partial charge on any atom is -0.462 e. The molecule has 0 aliphatic rings. The third-order valence-corrected chi connectivity index (χ3v) is 12.9. The summed E-state index contributed by atoms with van der Waals surface area (Å²) in [5.41, 5.74) is 0. The fourth-order valence-electron chi connectivity index (χ4n) is 8.35. The lowest BCUT2D eigenvalue weighted by molar-refractivity contribution is -0.166. The van der Waals surface area contributed by atoms with Crippen LogP contribution in [0.4, 0.5) is 0 Å². The molecule has 0 rings (SSSR count). The summed E-state index contributed by atoms with van der Waals surface area (Å²) < 4.78 is 16.7. The smallest absolute Gasteiger partial charge is 0.310 e. The van der Waals surface area contributed by atoms with Gasteiger partial charge in [0.05, 0.1) is 6.42 Å². The lowest BCUT2D eigenvalue weighted by atomic mass is 10.0. The van der Waals surface area contributed by atoms with Crippen molar-refractivity contribution in [3.05, 3.63) is 97.2 Å². The maximum absolute atomic E-state index is 12.8. The zero-order valence-electron chi connectivity index (χ0n) is 47.2. The highest BCUT2D eigenvalue weighted by Crippen LogP contribution is 2.16. The minimum absolute atomic E-state index is 0.0973. The molecule has 72 heavy (non-hydrogen) atoms. The monoisotopic (exact) mass is 1000 g/mol. The second kappa shape index (κ2) is 59.9. The van der Waals surface area contributed by atoms with Crippen molar-refractivity contribution in [3.63, 3.8) is 0 Å². The second-order valence-electron chi connectivity index (χ2n) is 19.9. The van der Waals surface area contributed by atoms with Crippen molar-refractivity contribution in [2.24, 2.45) is 0 Å². The van der Waals surface area contributed by atoms with Crippen molar-refractivity contribution in [1.29, 1.82) is 0 Å². The van der Waals surface area contributed by atoms with Gasteiger partial charge in [0.25, 0.3) is 0 Å². The average molecular weight is 1000 g/mol. The van der Waals surface area contributed by atoms with Gasteiger partial charge in [0.1, 0.15) is 13.2 Å². The van der Waals surface area contributed by atoms with Crippen LogP contribution in [0.25, 0.3) is 0 Å². The van der Waals surface area contributed by atoms with E-state index in [0.29, 0.717) is 12.8 Å². The molecular formula is C66H112O6. The van der Waals surface area contributed by atoms with Crippen molar-refractivity contribution < 1.29 is 28.6 Å². The molecule has 0 saturated carbocycles. The van der Waals surface area contributed by atoms with Gasteiger partial charge in [-0.2, -0.15) is 0 Å².